The molecule has 0 fully saturated rings. The SMILES string of the molecule is CC(N)CCCNC(=O)c1c(F)cc(F)cc1F. The van der Waals surface area contributed by atoms with Crippen LogP contribution in [0.1, 0.15) is 30.1 Å². The second-order valence-corrected chi connectivity index (χ2v) is 4.12. The number of nitrogens with two attached hydrogens (primary N) is 1. The van der Waals surface area contributed by atoms with E-state index in [-0.39, 0.29) is 12.6 Å². The maximum Gasteiger partial charge on any atom is 0.257 e. The molecule has 3 nitrogen and oxygen atoms in total. The number of rotatable bonds is 5. The summed E-state index contributed by atoms with van der Waals surface area (Å²) in [5.41, 5.74) is 4.74. The van der Waals surface area contributed by atoms with Crippen LogP contribution in [-0.2, 0) is 0 Å². The molecule has 1 rings (SSSR count). The van der Waals surface area contributed by atoms with Crippen molar-refractivity contribution in [3.8, 4) is 0 Å². The van der Waals surface area contributed by atoms with Gasteiger partial charge in [0, 0.05) is 24.7 Å². The number of halogens is 3. The highest BCUT2D eigenvalue weighted by Gasteiger charge is 2.18. The van der Waals surface area contributed by atoms with Crippen LogP contribution in [0.5, 0.6) is 0 Å². The molecule has 0 saturated carbocycles. The van der Waals surface area contributed by atoms with E-state index in [9.17, 15) is 18.0 Å². The molecule has 3 N–H and O–H groups in total. The molecule has 0 aromatic heterocycles. The van der Waals surface area contributed by atoms with Crippen LogP contribution in [0.15, 0.2) is 12.1 Å². The molecule has 0 spiro atoms. The molecule has 0 aliphatic rings. The van der Waals surface area contributed by atoms with E-state index in [0.29, 0.717) is 25.0 Å². The summed E-state index contributed by atoms with van der Waals surface area (Å²) in [6.07, 6.45) is 1.29. The fraction of sp³-hybridized carbons (Fsp3) is 0.417. The van der Waals surface area contributed by atoms with E-state index in [1.807, 2.05) is 6.92 Å². The number of carbonyl (C=O) groups excluding carboxylic acids is 1. The van der Waals surface area contributed by atoms with Gasteiger partial charge in [0.05, 0.1) is 0 Å². The molecule has 0 aliphatic heterocycles. The predicted octanol–water partition coefficient (Wildman–Crippen LogP) is 1.96. The Kier molecular flexibility index (Phi) is 5.15. The Morgan fingerprint density at radius 1 is 1.33 bits per heavy atom. The number of hydrogen-bond acceptors (Lipinski definition) is 2. The largest absolute Gasteiger partial charge is 0.352 e. The van der Waals surface area contributed by atoms with Crippen molar-refractivity contribution in [3.05, 3.63) is 35.1 Å². The quantitative estimate of drug-likeness (QED) is 0.795. The highest BCUT2D eigenvalue weighted by atomic mass is 19.1. The minimum absolute atomic E-state index is 0.00111. The van der Waals surface area contributed by atoms with E-state index < -0.39 is 28.9 Å². The summed E-state index contributed by atoms with van der Waals surface area (Å²) in [7, 11) is 0. The van der Waals surface area contributed by atoms with Gasteiger partial charge in [-0.1, -0.05) is 0 Å². The summed E-state index contributed by atoms with van der Waals surface area (Å²) < 4.78 is 39.1. The highest BCUT2D eigenvalue weighted by Crippen LogP contribution is 2.14. The Morgan fingerprint density at radius 3 is 2.39 bits per heavy atom. The third-order valence-electron chi connectivity index (χ3n) is 2.36. The Balaban J connectivity index is 2.62. The van der Waals surface area contributed by atoms with Gasteiger partial charge in [0.25, 0.3) is 5.91 Å². The van der Waals surface area contributed by atoms with Gasteiger partial charge in [0.2, 0.25) is 0 Å². The van der Waals surface area contributed by atoms with Crippen LogP contribution in [0.4, 0.5) is 13.2 Å². The summed E-state index contributed by atoms with van der Waals surface area (Å²) in [6.45, 7) is 2.08. The molecule has 6 heteroatoms. The van der Waals surface area contributed by atoms with Gasteiger partial charge >= 0.3 is 0 Å². The van der Waals surface area contributed by atoms with E-state index in [1.165, 1.54) is 0 Å². The first kappa shape index (κ1) is 14.5. The van der Waals surface area contributed by atoms with Crippen LogP contribution in [0.3, 0.4) is 0 Å². The summed E-state index contributed by atoms with van der Waals surface area (Å²) in [4.78, 5) is 11.5. The second kappa shape index (κ2) is 6.39. The van der Waals surface area contributed by atoms with Gasteiger partial charge in [-0.2, -0.15) is 0 Å². The topological polar surface area (TPSA) is 55.1 Å². The number of carbonyl (C=O) groups is 1. The van der Waals surface area contributed by atoms with Crippen molar-refractivity contribution in [2.75, 3.05) is 6.54 Å². The predicted molar refractivity (Wildman–Crippen MR) is 61.5 cm³/mol. The molecule has 0 aliphatic carbocycles. The first-order valence-corrected chi connectivity index (χ1v) is 5.60. The Morgan fingerprint density at radius 2 is 1.89 bits per heavy atom. The normalized spacial score (nSPS) is 12.3. The summed E-state index contributed by atoms with van der Waals surface area (Å²) in [5, 5.41) is 2.36. The second-order valence-electron chi connectivity index (χ2n) is 4.12. The molecule has 0 radical (unpaired) electrons. The van der Waals surface area contributed by atoms with E-state index >= 15 is 0 Å². The molecule has 1 aromatic carbocycles. The average Bonchev–Trinajstić information content (AvgIpc) is 2.22. The van der Waals surface area contributed by atoms with Crippen LogP contribution in [0.25, 0.3) is 0 Å². The van der Waals surface area contributed by atoms with Gasteiger partial charge in [0.15, 0.2) is 0 Å². The number of hydrogen-bond donors (Lipinski definition) is 2. The first-order chi connectivity index (χ1) is 8.41. The van der Waals surface area contributed by atoms with Crippen molar-refractivity contribution in [1.29, 1.82) is 0 Å². The minimum Gasteiger partial charge on any atom is -0.352 e. The molecule has 0 bridgehead atoms. The average molecular weight is 260 g/mol. The number of benzene rings is 1. The third kappa shape index (κ3) is 4.03. The maximum atomic E-state index is 13.2. The van der Waals surface area contributed by atoms with Crippen LogP contribution < -0.4 is 11.1 Å². The lowest BCUT2D eigenvalue weighted by Crippen LogP contribution is -2.27. The molecule has 0 heterocycles. The van der Waals surface area contributed by atoms with E-state index in [1.54, 1.807) is 0 Å². The lowest BCUT2D eigenvalue weighted by Gasteiger charge is -2.08. The highest BCUT2D eigenvalue weighted by molar-refractivity contribution is 5.94. The molecule has 1 aromatic rings. The van der Waals surface area contributed by atoms with Gasteiger partial charge in [-0.3, -0.25) is 4.79 Å². The lowest BCUT2D eigenvalue weighted by molar-refractivity contribution is 0.0944. The summed E-state index contributed by atoms with van der Waals surface area (Å²) in [5.74, 6) is -4.37. The number of amides is 1. The van der Waals surface area contributed by atoms with Gasteiger partial charge in [-0.05, 0) is 19.8 Å². The molecule has 1 unspecified atom stereocenters. The molecular weight excluding hydrogens is 245 g/mol. The van der Waals surface area contributed by atoms with Crippen molar-refractivity contribution < 1.29 is 18.0 Å². The minimum atomic E-state index is -1.21. The first-order valence-electron chi connectivity index (χ1n) is 5.60. The van der Waals surface area contributed by atoms with Gasteiger partial charge in [0.1, 0.15) is 23.0 Å². The van der Waals surface area contributed by atoms with E-state index in [0.717, 1.165) is 0 Å². The van der Waals surface area contributed by atoms with Gasteiger partial charge in [-0.15, -0.1) is 0 Å². The molecule has 1 atom stereocenters. The third-order valence-corrected chi connectivity index (χ3v) is 2.36. The zero-order valence-corrected chi connectivity index (χ0v) is 9.97. The van der Waals surface area contributed by atoms with Crippen molar-refractivity contribution in [2.45, 2.75) is 25.8 Å². The smallest absolute Gasteiger partial charge is 0.257 e. The van der Waals surface area contributed by atoms with Crippen molar-refractivity contribution in [2.24, 2.45) is 5.73 Å². The monoisotopic (exact) mass is 260 g/mol. The standard InChI is InChI=1S/C12H15F3N2O/c1-7(16)3-2-4-17-12(18)11-9(14)5-8(13)6-10(11)15/h5-7H,2-4,16H2,1H3,(H,17,18). The summed E-state index contributed by atoms with van der Waals surface area (Å²) >= 11 is 0. The Hall–Kier alpha value is -1.56. The molecule has 100 valence electrons. The van der Waals surface area contributed by atoms with Gasteiger partial charge < -0.3 is 11.1 Å². The molecule has 1 amide bonds. The van der Waals surface area contributed by atoms with Crippen molar-refractivity contribution in [1.82, 2.24) is 5.32 Å². The van der Waals surface area contributed by atoms with Crippen molar-refractivity contribution in [3.63, 3.8) is 0 Å². The van der Waals surface area contributed by atoms with Crippen LogP contribution >= 0.6 is 0 Å². The van der Waals surface area contributed by atoms with Gasteiger partial charge in [-0.25, -0.2) is 13.2 Å². The molecule has 0 saturated heterocycles. The van der Waals surface area contributed by atoms with Crippen LogP contribution in [0, 0.1) is 17.5 Å². The summed E-state index contributed by atoms with van der Waals surface area (Å²) in [6, 6.07) is 0.945. The zero-order chi connectivity index (χ0) is 13.7. The fourth-order valence-electron chi connectivity index (χ4n) is 1.47. The van der Waals surface area contributed by atoms with Crippen molar-refractivity contribution >= 4 is 5.91 Å². The van der Waals surface area contributed by atoms with E-state index in [2.05, 4.69) is 5.32 Å². The Bertz CT molecular complexity index is 412. The Labute approximate surface area is 103 Å². The van der Waals surface area contributed by atoms with Crippen LogP contribution in [0.2, 0.25) is 0 Å². The fourth-order valence-corrected chi connectivity index (χ4v) is 1.47. The zero-order valence-electron chi connectivity index (χ0n) is 9.97. The number of nitrogens with one attached hydrogen (secondary N) is 1. The van der Waals surface area contributed by atoms with E-state index in [4.69, 9.17) is 5.73 Å². The lowest BCUT2D eigenvalue weighted by atomic mass is 10.1. The molecule has 18 heavy (non-hydrogen) atoms. The van der Waals surface area contributed by atoms with Crippen LogP contribution in [-0.4, -0.2) is 18.5 Å². The maximum absolute atomic E-state index is 13.2. The molecular formula is C12H15F3N2O.